The smallest absolute Gasteiger partial charge is 0.249 e. The Morgan fingerprint density at radius 2 is 2.04 bits per heavy atom. The minimum Gasteiger partial charge on any atom is -0.333 e. The van der Waals surface area contributed by atoms with Gasteiger partial charge in [-0.05, 0) is 48.4 Å². The normalized spacial score (nSPS) is 11.0. The van der Waals surface area contributed by atoms with Crippen LogP contribution in [0.1, 0.15) is 6.92 Å². The molecular weight excluding hydrogens is 300 g/mol. The van der Waals surface area contributed by atoms with Crippen LogP contribution in [0.5, 0.6) is 0 Å². The number of hydrogen-bond donors (Lipinski definition) is 1. The zero-order valence-electron chi connectivity index (χ0n) is 13.2. The molecule has 24 heavy (non-hydrogen) atoms. The van der Waals surface area contributed by atoms with Gasteiger partial charge in [0.1, 0.15) is 5.65 Å². The van der Waals surface area contributed by atoms with Crippen molar-refractivity contribution >= 4 is 11.0 Å². The van der Waals surface area contributed by atoms with Gasteiger partial charge in [0.15, 0.2) is 0 Å². The number of nitrogens with one attached hydrogen (secondary N) is 1. The predicted octanol–water partition coefficient (Wildman–Crippen LogP) is 3.47. The number of fused-ring (bicyclic) bond motifs is 1. The van der Waals surface area contributed by atoms with Gasteiger partial charge in [-0.3, -0.25) is 9.78 Å². The molecule has 0 amide bonds. The molecule has 0 bridgehead atoms. The fraction of sp³-hybridized carbons (Fsp3) is 0.105. The molecule has 5 heteroatoms. The first kappa shape index (κ1) is 14.4. The van der Waals surface area contributed by atoms with Crippen LogP contribution in [0, 0.1) is 0 Å². The standard InChI is InChI=1S/C19H16N4O/c1-2-23-9-6-16-15(5-8-21-19(16)23)14-10-17(22-18(24)11-14)13-4-3-7-20-12-13/h3-12H,2H2,1H3,(H,22,24). The lowest BCUT2D eigenvalue weighted by atomic mass is 10.0. The molecule has 5 nitrogen and oxygen atoms in total. The van der Waals surface area contributed by atoms with Crippen molar-refractivity contribution in [3.05, 3.63) is 71.5 Å². The minimum atomic E-state index is -0.133. The summed E-state index contributed by atoms with van der Waals surface area (Å²) >= 11 is 0. The fourth-order valence-electron chi connectivity index (χ4n) is 2.97. The van der Waals surface area contributed by atoms with E-state index in [0.717, 1.165) is 40.0 Å². The van der Waals surface area contributed by atoms with Crippen LogP contribution in [-0.2, 0) is 6.54 Å². The largest absolute Gasteiger partial charge is 0.333 e. The highest BCUT2D eigenvalue weighted by Crippen LogP contribution is 2.29. The molecule has 4 aromatic rings. The maximum atomic E-state index is 12.2. The first-order valence-corrected chi connectivity index (χ1v) is 7.85. The number of H-pyrrole nitrogens is 1. The Morgan fingerprint density at radius 3 is 2.83 bits per heavy atom. The van der Waals surface area contributed by atoms with Crippen molar-refractivity contribution in [2.24, 2.45) is 0 Å². The van der Waals surface area contributed by atoms with Gasteiger partial charge in [0.25, 0.3) is 0 Å². The maximum Gasteiger partial charge on any atom is 0.249 e. The molecule has 1 N–H and O–H groups in total. The Hall–Kier alpha value is -3.21. The molecule has 4 rings (SSSR count). The van der Waals surface area contributed by atoms with E-state index in [-0.39, 0.29) is 5.56 Å². The molecule has 118 valence electrons. The average Bonchev–Trinajstić information content (AvgIpc) is 3.05. The Kier molecular flexibility index (Phi) is 3.46. The lowest BCUT2D eigenvalue weighted by Crippen LogP contribution is -2.06. The third-order valence-electron chi connectivity index (χ3n) is 4.13. The van der Waals surface area contributed by atoms with E-state index in [0.29, 0.717) is 0 Å². The molecule has 0 spiro atoms. The number of aryl methyl sites for hydroxylation is 1. The molecule has 0 fully saturated rings. The monoisotopic (exact) mass is 316 g/mol. The maximum absolute atomic E-state index is 12.2. The lowest BCUT2D eigenvalue weighted by molar-refractivity contribution is 0.788. The summed E-state index contributed by atoms with van der Waals surface area (Å²) in [5.41, 5.74) is 4.31. The van der Waals surface area contributed by atoms with Crippen LogP contribution in [0.3, 0.4) is 0 Å². The minimum absolute atomic E-state index is 0.133. The summed E-state index contributed by atoms with van der Waals surface area (Å²) in [4.78, 5) is 23.6. The molecule has 0 radical (unpaired) electrons. The molecule has 4 aromatic heterocycles. The highest BCUT2D eigenvalue weighted by atomic mass is 16.1. The van der Waals surface area contributed by atoms with E-state index in [1.807, 2.05) is 36.5 Å². The van der Waals surface area contributed by atoms with Crippen LogP contribution in [-0.4, -0.2) is 19.5 Å². The average molecular weight is 316 g/mol. The summed E-state index contributed by atoms with van der Waals surface area (Å²) in [6.45, 7) is 2.94. The second kappa shape index (κ2) is 5.77. The summed E-state index contributed by atoms with van der Waals surface area (Å²) in [6, 6.07) is 11.4. The van der Waals surface area contributed by atoms with E-state index < -0.39 is 0 Å². The topological polar surface area (TPSA) is 63.6 Å². The van der Waals surface area contributed by atoms with E-state index in [2.05, 4.69) is 26.4 Å². The van der Waals surface area contributed by atoms with E-state index >= 15 is 0 Å². The van der Waals surface area contributed by atoms with Crippen molar-refractivity contribution in [1.29, 1.82) is 0 Å². The number of pyridine rings is 3. The molecule has 0 aromatic carbocycles. The Labute approximate surface area is 138 Å². The van der Waals surface area contributed by atoms with Crippen molar-refractivity contribution in [1.82, 2.24) is 19.5 Å². The van der Waals surface area contributed by atoms with Crippen LogP contribution in [0.25, 0.3) is 33.4 Å². The molecule has 0 aliphatic heterocycles. The quantitative estimate of drug-likeness (QED) is 0.629. The molecular formula is C19H16N4O. The lowest BCUT2D eigenvalue weighted by Gasteiger charge is -2.07. The van der Waals surface area contributed by atoms with Gasteiger partial charge in [0.2, 0.25) is 5.56 Å². The summed E-state index contributed by atoms with van der Waals surface area (Å²) in [5, 5.41) is 1.04. The van der Waals surface area contributed by atoms with Gasteiger partial charge in [-0.2, -0.15) is 0 Å². The Balaban J connectivity index is 1.93. The number of nitrogens with zero attached hydrogens (tertiary/aromatic N) is 3. The highest BCUT2D eigenvalue weighted by molar-refractivity contribution is 5.93. The summed E-state index contributed by atoms with van der Waals surface area (Å²) < 4.78 is 2.09. The van der Waals surface area contributed by atoms with Gasteiger partial charge in [-0.15, -0.1) is 0 Å². The Morgan fingerprint density at radius 1 is 1.12 bits per heavy atom. The predicted molar refractivity (Wildman–Crippen MR) is 94.7 cm³/mol. The van der Waals surface area contributed by atoms with Gasteiger partial charge in [-0.1, -0.05) is 0 Å². The first-order valence-electron chi connectivity index (χ1n) is 7.85. The third kappa shape index (κ3) is 2.40. The van der Waals surface area contributed by atoms with Crippen LogP contribution >= 0.6 is 0 Å². The van der Waals surface area contributed by atoms with Gasteiger partial charge in [0.05, 0.1) is 5.69 Å². The van der Waals surface area contributed by atoms with Crippen molar-refractivity contribution in [2.75, 3.05) is 0 Å². The van der Waals surface area contributed by atoms with Crippen molar-refractivity contribution < 1.29 is 0 Å². The van der Waals surface area contributed by atoms with Gasteiger partial charge in [0, 0.05) is 48.3 Å². The summed E-state index contributed by atoms with van der Waals surface area (Å²) in [7, 11) is 0. The van der Waals surface area contributed by atoms with Crippen LogP contribution in [0.2, 0.25) is 0 Å². The molecule has 0 atom stereocenters. The van der Waals surface area contributed by atoms with E-state index in [1.54, 1.807) is 24.7 Å². The first-order chi connectivity index (χ1) is 11.8. The van der Waals surface area contributed by atoms with Crippen molar-refractivity contribution in [2.45, 2.75) is 13.5 Å². The molecule has 0 aliphatic carbocycles. The second-order valence-electron chi connectivity index (χ2n) is 5.59. The molecule has 0 unspecified atom stereocenters. The van der Waals surface area contributed by atoms with Gasteiger partial charge in [-0.25, -0.2) is 4.98 Å². The van der Waals surface area contributed by atoms with E-state index in [9.17, 15) is 4.79 Å². The van der Waals surface area contributed by atoms with Gasteiger partial charge >= 0.3 is 0 Å². The van der Waals surface area contributed by atoms with Crippen LogP contribution in [0.15, 0.2) is 66.0 Å². The fourth-order valence-corrected chi connectivity index (χ4v) is 2.97. The highest BCUT2D eigenvalue weighted by Gasteiger charge is 2.10. The van der Waals surface area contributed by atoms with E-state index in [4.69, 9.17) is 0 Å². The molecule has 0 saturated carbocycles. The zero-order valence-corrected chi connectivity index (χ0v) is 13.2. The summed E-state index contributed by atoms with van der Waals surface area (Å²) in [6.07, 6.45) is 7.27. The van der Waals surface area contributed by atoms with Gasteiger partial charge < -0.3 is 9.55 Å². The number of rotatable bonds is 3. The van der Waals surface area contributed by atoms with E-state index in [1.165, 1.54) is 0 Å². The number of hydrogen-bond acceptors (Lipinski definition) is 3. The molecule has 4 heterocycles. The molecule has 0 saturated heterocycles. The number of aromatic nitrogens is 4. The van der Waals surface area contributed by atoms with Crippen LogP contribution in [0.4, 0.5) is 0 Å². The third-order valence-corrected chi connectivity index (χ3v) is 4.13. The Bertz CT molecular complexity index is 1060. The summed E-state index contributed by atoms with van der Waals surface area (Å²) in [5.74, 6) is 0. The second-order valence-corrected chi connectivity index (χ2v) is 5.59. The molecule has 0 aliphatic rings. The van der Waals surface area contributed by atoms with Crippen LogP contribution < -0.4 is 5.56 Å². The zero-order chi connectivity index (χ0) is 16.5. The number of aromatic amines is 1. The van der Waals surface area contributed by atoms with Crippen molar-refractivity contribution in [3.8, 4) is 22.4 Å². The SMILES string of the molecule is CCn1ccc2c(-c3cc(-c4cccnc4)[nH]c(=O)c3)ccnc21. The van der Waals surface area contributed by atoms with Crippen molar-refractivity contribution in [3.63, 3.8) is 0 Å².